The third-order valence-corrected chi connectivity index (χ3v) is 3.75. The number of H-pyrrole nitrogens is 1. The van der Waals surface area contributed by atoms with Gasteiger partial charge in [-0.25, -0.2) is 0 Å². The van der Waals surface area contributed by atoms with Crippen LogP contribution in [0.25, 0.3) is 11.3 Å². The summed E-state index contributed by atoms with van der Waals surface area (Å²) in [4.78, 5) is 24.2. The summed E-state index contributed by atoms with van der Waals surface area (Å²) in [5.74, 6) is 0.258. The van der Waals surface area contributed by atoms with Crippen molar-refractivity contribution in [2.24, 2.45) is 0 Å². The third-order valence-electron chi connectivity index (χ3n) is 3.75. The minimum atomic E-state index is -0.746. The molecular formula is C18H18N4O4. The summed E-state index contributed by atoms with van der Waals surface area (Å²) in [5.41, 5.74) is 1.88. The Hall–Kier alpha value is -3.55. The van der Waals surface area contributed by atoms with E-state index < -0.39 is 11.9 Å². The Morgan fingerprint density at radius 1 is 1.27 bits per heavy atom. The van der Waals surface area contributed by atoms with Gasteiger partial charge in [-0.05, 0) is 25.1 Å². The number of methoxy groups -OCH3 is 1. The van der Waals surface area contributed by atoms with E-state index in [0.717, 1.165) is 5.56 Å². The van der Waals surface area contributed by atoms with Gasteiger partial charge in [0.25, 0.3) is 5.91 Å². The topological polar surface area (TPSA) is 109 Å². The fourth-order valence-corrected chi connectivity index (χ4v) is 2.36. The Labute approximate surface area is 149 Å². The molecule has 2 aromatic heterocycles. The first-order valence-electron chi connectivity index (χ1n) is 7.91. The number of hydrogen-bond donors (Lipinski definition) is 3. The van der Waals surface area contributed by atoms with Crippen LogP contribution >= 0.6 is 0 Å². The van der Waals surface area contributed by atoms with Gasteiger partial charge in [0, 0.05) is 11.6 Å². The van der Waals surface area contributed by atoms with Crippen molar-refractivity contribution >= 4 is 17.6 Å². The monoisotopic (exact) mass is 354 g/mol. The van der Waals surface area contributed by atoms with E-state index in [1.54, 1.807) is 20.1 Å². The molecule has 26 heavy (non-hydrogen) atoms. The van der Waals surface area contributed by atoms with E-state index in [4.69, 9.17) is 9.15 Å². The van der Waals surface area contributed by atoms with Crippen LogP contribution in [0.4, 0.5) is 5.82 Å². The molecule has 0 saturated heterocycles. The molecule has 0 bridgehead atoms. The van der Waals surface area contributed by atoms with Gasteiger partial charge in [-0.15, -0.1) is 0 Å². The smallest absolute Gasteiger partial charge is 0.255 e. The predicted molar refractivity (Wildman–Crippen MR) is 94.8 cm³/mol. The quantitative estimate of drug-likeness (QED) is 0.630. The second kappa shape index (κ2) is 7.56. The SMILES string of the molecule is COc1ccccc1-c1cc(NC(=O)[C@@H](C)NC(=O)c2ccoc2)n[nH]1. The summed E-state index contributed by atoms with van der Waals surface area (Å²) in [5, 5.41) is 12.2. The molecule has 3 aromatic rings. The zero-order chi connectivity index (χ0) is 18.5. The van der Waals surface area contributed by atoms with Gasteiger partial charge in [0.05, 0.1) is 24.6 Å². The fraction of sp³-hybridized carbons (Fsp3) is 0.167. The number of nitrogens with one attached hydrogen (secondary N) is 3. The maximum Gasteiger partial charge on any atom is 0.255 e. The number of benzene rings is 1. The fourth-order valence-electron chi connectivity index (χ4n) is 2.36. The van der Waals surface area contributed by atoms with Crippen LogP contribution in [0.2, 0.25) is 0 Å². The Morgan fingerprint density at radius 3 is 2.81 bits per heavy atom. The van der Waals surface area contributed by atoms with E-state index in [2.05, 4.69) is 20.8 Å². The molecular weight excluding hydrogens is 336 g/mol. The lowest BCUT2D eigenvalue weighted by Gasteiger charge is -2.12. The van der Waals surface area contributed by atoms with Crippen LogP contribution in [0.15, 0.2) is 53.3 Å². The van der Waals surface area contributed by atoms with Crippen molar-refractivity contribution in [2.45, 2.75) is 13.0 Å². The van der Waals surface area contributed by atoms with Crippen LogP contribution in [0.1, 0.15) is 17.3 Å². The van der Waals surface area contributed by atoms with Crippen molar-refractivity contribution < 1.29 is 18.7 Å². The molecule has 1 aromatic carbocycles. The molecule has 0 radical (unpaired) electrons. The summed E-state index contributed by atoms with van der Waals surface area (Å²) < 4.78 is 10.2. The van der Waals surface area contributed by atoms with E-state index in [9.17, 15) is 9.59 Å². The van der Waals surface area contributed by atoms with Gasteiger partial charge < -0.3 is 19.8 Å². The van der Waals surface area contributed by atoms with Gasteiger partial charge in [0.15, 0.2) is 5.82 Å². The maximum atomic E-state index is 12.3. The summed E-state index contributed by atoms with van der Waals surface area (Å²) in [6.07, 6.45) is 2.70. The number of carbonyl (C=O) groups is 2. The highest BCUT2D eigenvalue weighted by atomic mass is 16.5. The van der Waals surface area contributed by atoms with Crippen molar-refractivity contribution in [3.8, 4) is 17.0 Å². The molecule has 0 unspecified atom stereocenters. The number of hydrogen-bond acceptors (Lipinski definition) is 5. The predicted octanol–water partition coefficient (Wildman–Crippen LogP) is 2.44. The Bertz CT molecular complexity index is 902. The number of nitrogens with zero attached hydrogens (tertiary/aromatic N) is 1. The lowest BCUT2D eigenvalue weighted by Crippen LogP contribution is -2.41. The largest absolute Gasteiger partial charge is 0.496 e. The third kappa shape index (κ3) is 3.75. The lowest BCUT2D eigenvalue weighted by atomic mass is 10.1. The Morgan fingerprint density at radius 2 is 2.08 bits per heavy atom. The molecule has 3 rings (SSSR count). The number of para-hydroxylation sites is 1. The summed E-state index contributed by atoms with van der Waals surface area (Å²) in [6.45, 7) is 1.58. The highest BCUT2D eigenvalue weighted by Crippen LogP contribution is 2.29. The minimum absolute atomic E-state index is 0.348. The van der Waals surface area contributed by atoms with E-state index in [1.807, 2.05) is 24.3 Å². The second-order valence-electron chi connectivity index (χ2n) is 5.56. The molecule has 2 amide bonds. The van der Waals surface area contributed by atoms with Gasteiger partial charge in [0.1, 0.15) is 18.1 Å². The zero-order valence-corrected chi connectivity index (χ0v) is 14.3. The number of aromatic amines is 1. The molecule has 0 spiro atoms. The Balaban J connectivity index is 1.65. The zero-order valence-electron chi connectivity index (χ0n) is 14.3. The number of rotatable bonds is 6. The van der Waals surface area contributed by atoms with Crippen molar-refractivity contribution in [3.63, 3.8) is 0 Å². The summed E-state index contributed by atoms with van der Waals surface area (Å²) in [7, 11) is 1.59. The maximum absolute atomic E-state index is 12.3. The second-order valence-corrected chi connectivity index (χ2v) is 5.56. The highest BCUT2D eigenvalue weighted by Gasteiger charge is 2.18. The van der Waals surface area contributed by atoms with E-state index in [0.29, 0.717) is 22.8 Å². The summed E-state index contributed by atoms with van der Waals surface area (Å²) in [6, 6.07) is 9.93. The summed E-state index contributed by atoms with van der Waals surface area (Å²) >= 11 is 0. The molecule has 0 saturated carbocycles. The standard InChI is InChI=1S/C18H18N4O4/c1-11(19-18(24)12-7-8-26-10-12)17(23)20-16-9-14(21-22-16)13-5-3-4-6-15(13)25-2/h3-11H,1-2H3,(H,19,24)(H2,20,21,22,23)/t11-/m1/s1. The minimum Gasteiger partial charge on any atom is -0.496 e. The average molecular weight is 354 g/mol. The number of aromatic nitrogens is 2. The lowest BCUT2D eigenvalue weighted by molar-refractivity contribution is -0.117. The van der Waals surface area contributed by atoms with Crippen LogP contribution in [0.5, 0.6) is 5.75 Å². The first-order valence-corrected chi connectivity index (χ1v) is 7.91. The van der Waals surface area contributed by atoms with Crippen LogP contribution in [0.3, 0.4) is 0 Å². The van der Waals surface area contributed by atoms with Crippen molar-refractivity contribution in [3.05, 3.63) is 54.5 Å². The van der Waals surface area contributed by atoms with Crippen LogP contribution < -0.4 is 15.4 Å². The van der Waals surface area contributed by atoms with Crippen molar-refractivity contribution in [1.29, 1.82) is 0 Å². The molecule has 2 heterocycles. The number of furan rings is 1. The molecule has 0 fully saturated rings. The Kier molecular flexibility index (Phi) is 5.02. The van der Waals surface area contributed by atoms with Crippen molar-refractivity contribution in [2.75, 3.05) is 12.4 Å². The molecule has 8 nitrogen and oxygen atoms in total. The molecule has 134 valence electrons. The first-order chi connectivity index (χ1) is 12.6. The molecule has 1 atom stereocenters. The van der Waals surface area contributed by atoms with E-state index >= 15 is 0 Å². The van der Waals surface area contributed by atoms with Crippen LogP contribution in [-0.2, 0) is 4.79 Å². The van der Waals surface area contributed by atoms with Gasteiger partial charge >= 0.3 is 0 Å². The molecule has 0 aliphatic rings. The number of ether oxygens (including phenoxy) is 1. The van der Waals surface area contributed by atoms with Gasteiger partial charge in [-0.1, -0.05) is 12.1 Å². The number of anilines is 1. The molecule has 0 aliphatic carbocycles. The van der Waals surface area contributed by atoms with Crippen molar-refractivity contribution in [1.82, 2.24) is 15.5 Å². The first kappa shape index (κ1) is 17.3. The number of carbonyl (C=O) groups excluding carboxylic acids is 2. The highest BCUT2D eigenvalue weighted by molar-refractivity contribution is 6.00. The van der Waals surface area contributed by atoms with E-state index in [1.165, 1.54) is 18.6 Å². The average Bonchev–Trinajstić information content (AvgIpc) is 3.33. The van der Waals surface area contributed by atoms with Crippen LogP contribution in [0, 0.1) is 0 Å². The van der Waals surface area contributed by atoms with E-state index in [-0.39, 0.29) is 5.91 Å². The van der Waals surface area contributed by atoms with Gasteiger partial charge in [-0.2, -0.15) is 5.10 Å². The van der Waals surface area contributed by atoms with Gasteiger partial charge in [0.2, 0.25) is 5.91 Å². The molecule has 0 aliphatic heterocycles. The molecule has 8 heteroatoms. The van der Waals surface area contributed by atoms with Crippen LogP contribution in [-0.4, -0.2) is 35.2 Å². The normalized spacial score (nSPS) is 11.6. The molecule has 3 N–H and O–H groups in total. The number of amides is 2. The van der Waals surface area contributed by atoms with Gasteiger partial charge in [-0.3, -0.25) is 14.7 Å².